The molecule has 2 atom stereocenters. The van der Waals surface area contributed by atoms with E-state index < -0.39 is 0 Å². The third-order valence-corrected chi connectivity index (χ3v) is 6.26. The molecule has 122 valence electrons. The minimum Gasteiger partial charge on any atom is -0.290 e. The van der Waals surface area contributed by atoms with E-state index in [4.69, 9.17) is 0 Å². The number of fused-ring (bicyclic) bond motifs is 2. The SMILES string of the molecule is O=C1C(=O)N(CN2CCC[C@H]3CCCC[C@@H]32)c2c(Br)cccc21. The minimum atomic E-state index is -0.384. The topological polar surface area (TPSA) is 40.6 Å². The number of carbonyl (C=O) groups excluding carboxylic acids is 2. The molecule has 4 rings (SSSR count). The van der Waals surface area contributed by atoms with Crippen LogP contribution >= 0.6 is 15.9 Å². The van der Waals surface area contributed by atoms with Gasteiger partial charge < -0.3 is 0 Å². The first-order valence-corrected chi connectivity index (χ1v) is 9.35. The number of carbonyl (C=O) groups is 2. The lowest BCUT2D eigenvalue weighted by atomic mass is 9.78. The second-order valence-electron chi connectivity index (χ2n) is 6.91. The summed E-state index contributed by atoms with van der Waals surface area (Å²) in [5.74, 6) is 0.00734. The van der Waals surface area contributed by atoms with Gasteiger partial charge in [-0.15, -0.1) is 0 Å². The number of likely N-dealkylation sites (tertiary alicyclic amines) is 1. The Morgan fingerprint density at radius 3 is 2.74 bits per heavy atom. The molecule has 0 aromatic heterocycles. The molecule has 1 saturated heterocycles. The molecular weight excluding hydrogens is 356 g/mol. The molecule has 2 fully saturated rings. The Morgan fingerprint density at radius 1 is 1.09 bits per heavy atom. The fourth-order valence-electron chi connectivity index (χ4n) is 4.53. The highest BCUT2D eigenvalue weighted by Crippen LogP contribution is 2.39. The minimum absolute atomic E-state index is 0.376. The molecule has 0 bridgehead atoms. The zero-order valence-electron chi connectivity index (χ0n) is 13.1. The van der Waals surface area contributed by atoms with Gasteiger partial charge in [0.25, 0.3) is 5.78 Å². The molecule has 1 aliphatic carbocycles. The van der Waals surface area contributed by atoms with Crippen LogP contribution in [-0.2, 0) is 4.79 Å². The number of nitrogens with zero attached hydrogens (tertiary/aromatic N) is 2. The Labute approximate surface area is 145 Å². The van der Waals surface area contributed by atoms with E-state index in [9.17, 15) is 9.59 Å². The van der Waals surface area contributed by atoms with Gasteiger partial charge in [-0.05, 0) is 59.7 Å². The van der Waals surface area contributed by atoms with Gasteiger partial charge in [0.1, 0.15) is 0 Å². The molecule has 0 radical (unpaired) electrons. The van der Waals surface area contributed by atoms with E-state index in [0.717, 1.165) is 22.6 Å². The number of rotatable bonds is 2. The van der Waals surface area contributed by atoms with Crippen molar-refractivity contribution < 1.29 is 9.59 Å². The summed E-state index contributed by atoms with van der Waals surface area (Å²) in [6, 6.07) is 6.04. The first-order chi connectivity index (χ1) is 11.2. The van der Waals surface area contributed by atoms with Crippen molar-refractivity contribution in [2.45, 2.75) is 44.6 Å². The standard InChI is InChI=1S/C18H21BrN2O2/c19-14-8-3-7-13-16(14)21(18(23)17(13)22)11-20-10-4-6-12-5-1-2-9-15(12)20/h3,7-8,12,15H,1-2,4-6,9-11H2/t12-,15+/m1/s1. The van der Waals surface area contributed by atoms with Crippen molar-refractivity contribution >= 4 is 33.3 Å². The second kappa shape index (κ2) is 6.02. The van der Waals surface area contributed by atoms with Crippen molar-refractivity contribution in [1.29, 1.82) is 0 Å². The van der Waals surface area contributed by atoms with Gasteiger partial charge in [0.2, 0.25) is 0 Å². The van der Waals surface area contributed by atoms with E-state index in [-0.39, 0.29) is 11.7 Å². The van der Waals surface area contributed by atoms with E-state index in [2.05, 4.69) is 20.8 Å². The highest BCUT2D eigenvalue weighted by Gasteiger charge is 2.40. The summed E-state index contributed by atoms with van der Waals surface area (Å²) in [5.41, 5.74) is 1.28. The van der Waals surface area contributed by atoms with Crippen LogP contribution < -0.4 is 4.90 Å². The molecule has 5 heteroatoms. The number of anilines is 1. The molecule has 3 aliphatic rings. The number of hydrogen-bond acceptors (Lipinski definition) is 3. The molecule has 23 heavy (non-hydrogen) atoms. The molecular formula is C18H21BrN2O2. The quantitative estimate of drug-likeness (QED) is 0.740. The number of halogens is 1. The Morgan fingerprint density at radius 2 is 1.87 bits per heavy atom. The predicted molar refractivity (Wildman–Crippen MR) is 92.5 cm³/mol. The third kappa shape index (κ3) is 2.54. The summed E-state index contributed by atoms with van der Waals surface area (Å²) in [6.45, 7) is 1.57. The highest BCUT2D eigenvalue weighted by molar-refractivity contribution is 9.10. The Balaban J connectivity index is 1.62. The van der Waals surface area contributed by atoms with Crippen molar-refractivity contribution in [2.24, 2.45) is 5.92 Å². The average Bonchev–Trinajstić information content (AvgIpc) is 2.81. The van der Waals surface area contributed by atoms with Gasteiger partial charge in [-0.25, -0.2) is 0 Å². The normalized spacial score (nSPS) is 28.0. The van der Waals surface area contributed by atoms with Gasteiger partial charge in [-0.1, -0.05) is 18.9 Å². The third-order valence-electron chi connectivity index (χ3n) is 5.62. The molecule has 4 nitrogen and oxygen atoms in total. The van der Waals surface area contributed by atoms with E-state index in [1.807, 2.05) is 12.1 Å². The molecule has 0 unspecified atom stereocenters. The van der Waals surface area contributed by atoms with Crippen molar-refractivity contribution in [3.8, 4) is 0 Å². The molecule has 1 amide bonds. The van der Waals surface area contributed by atoms with Crippen molar-refractivity contribution in [1.82, 2.24) is 4.90 Å². The summed E-state index contributed by atoms with van der Waals surface area (Å²) in [6.07, 6.45) is 7.67. The first-order valence-electron chi connectivity index (χ1n) is 8.55. The van der Waals surface area contributed by atoms with Crippen LogP contribution in [-0.4, -0.2) is 35.8 Å². The molecule has 1 aromatic rings. The summed E-state index contributed by atoms with van der Waals surface area (Å²) < 4.78 is 0.825. The van der Waals surface area contributed by atoms with Gasteiger partial charge in [0, 0.05) is 17.1 Å². The Kier molecular flexibility index (Phi) is 4.01. The molecule has 1 aromatic carbocycles. The first kappa shape index (κ1) is 15.3. The highest BCUT2D eigenvalue weighted by atomic mass is 79.9. The molecule has 0 spiro atoms. The zero-order chi connectivity index (χ0) is 16.0. The van der Waals surface area contributed by atoms with Gasteiger partial charge in [0.05, 0.1) is 17.9 Å². The maximum atomic E-state index is 12.5. The number of benzene rings is 1. The lowest BCUT2D eigenvalue weighted by molar-refractivity contribution is -0.115. The number of amides is 1. The largest absolute Gasteiger partial charge is 0.300 e. The lowest BCUT2D eigenvalue weighted by Gasteiger charge is -2.45. The molecule has 1 saturated carbocycles. The van der Waals surface area contributed by atoms with Gasteiger partial charge in [-0.3, -0.25) is 19.4 Å². The second-order valence-corrected chi connectivity index (χ2v) is 7.76. The van der Waals surface area contributed by atoms with Crippen LogP contribution in [0.4, 0.5) is 5.69 Å². The Bertz CT molecular complexity index is 658. The van der Waals surface area contributed by atoms with E-state index >= 15 is 0 Å². The van der Waals surface area contributed by atoms with Gasteiger partial charge in [0.15, 0.2) is 0 Å². The average molecular weight is 377 g/mol. The summed E-state index contributed by atoms with van der Waals surface area (Å²) in [4.78, 5) is 28.8. The molecule has 2 heterocycles. The number of piperidine rings is 1. The van der Waals surface area contributed by atoms with E-state index in [0.29, 0.717) is 18.3 Å². The predicted octanol–water partition coefficient (Wildman–Crippen LogP) is 3.59. The maximum absolute atomic E-state index is 12.5. The summed E-state index contributed by atoms with van der Waals surface area (Å²) in [7, 11) is 0. The van der Waals surface area contributed by atoms with Crippen molar-refractivity contribution in [3.05, 3.63) is 28.2 Å². The van der Waals surface area contributed by atoms with Crippen LogP contribution in [0.15, 0.2) is 22.7 Å². The van der Waals surface area contributed by atoms with Crippen LogP contribution in [0.25, 0.3) is 0 Å². The maximum Gasteiger partial charge on any atom is 0.300 e. The number of ketones is 1. The number of para-hydroxylation sites is 1. The molecule has 2 aliphatic heterocycles. The zero-order valence-corrected chi connectivity index (χ0v) is 14.7. The molecule has 0 N–H and O–H groups in total. The van der Waals surface area contributed by atoms with Crippen molar-refractivity contribution in [2.75, 3.05) is 18.1 Å². The van der Waals surface area contributed by atoms with E-state index in [1.54, 1.807) is 11.0 Å². The van der Waals surface area contributed by atoms with Crippen LogP contribution in [0.2, 0.25) is 0 Å². The van der Waals surface area contributed by atoms with Gasteiger partial charge >= 0.3 is 5.91 Å². The van der Waals surface area contributed by atoms with Crippen LogP contribution in [0.1, 0.15) is 48.9 Å². The number of hydrogen-bond donors (Lipinski definition) is 0. The van der Waals surface area contributed by atoms with Crippen LogP contribution in [0.5, 0.6) is 0 Å². The lowest BCUT2D eigenvalue weighted by Crippen LogP contribution is -2.52. The van der Waals surface area contributed by atoms with Crippen LogP contribution in [0, 0.1) is 5.92 Å². The fraction of sp³-hybridized carbons (Fsp3) is 0.556. The van der Waals surface area contributed by atoms with E-state index in [1.165, 1.54) is 38.5 Å². The summed E-state index contributed by atoms with van der Waals surface area (Å²) >= 11 is 3.51. The van der Waals surface area contributed by atoms with Gasteiger partial charge in [-0.2, -0.15) is 0 Å². The number of Topliss-reactive ketones (excluding diaryl/α,β-unsaturated/α-hetero) is 1. The fourth-order valence-corrected chi connectivity index (χ4v) is 5.11. The monoisotopic (exact) mass is 376 g/mol. The summed E-state index contributed by atoms with van der Waals surface area (Å²) in [5, 5.41) is 0. The van der Waals surface area contributed by atoms with Crippen molar-refractivity contribution in [3.63, 3.8) is 0 Å². The Hall–Kier alpha value is -1.20. The smallest absolute Gasteiger partial charge is 0.290 e. The van der Waals surface area contributed by atoms with Crippen LogP contribution in [0.3, 0.4) is 0 Å².